The lowest BCUT2D eigenvalue weighted by Crippen LogP contribution is -2.41. The molecule has 0 aromatic heterocycles. The first-order valence-electron chi connectivity index (χ1n) is 4.63. The smallest absolute Gasteiger partial charge is 0.197 e. The molecule has 2 rings (SSSR count). The first-order chi connectivity index (χ1) is 6.67. The maximum atomic E-state index is 11.9. The van der Waals surface area contributed by atoms with E-state index in [1.165, 1.54) is 0 Å². The van der Waals surface area contributed by atoms with Crippen molar-refractivity contribution in [2.75, 3.05) is 0 Å². The van der Waals surface area contributed by atoms with E-state index in [4.69, 9.17) is 5.26 Å². The predicted octanol–water partition coefficient (Wildman–Crippen LogP) is 2.06. The van der Waals surface area contributed by atoms with Gasteiger partial charge in [0.05, 0.1) is 0 Å². The SMILES string of the molecule is CC1(OO)CCc2ccccc2C1=O. The average molecular weight is 192 g/mol. The van der Waals surface area contributed by atoms with Crippen molar-refractivity contribution in [3.63, 3.8) is 0 Å². The fourth-order valence-corrected chi connectivity index (χ4v) is 1.82. The standard InChI is InChI=1S/C11H12O3/c1-11(14-13)7-6-8-4-2-3-5-9(8)10(11)12/h2-5,13H,6-7H2,1H3. The second kappa shape index (κ2) is 3.19. The minimum atomic E-state index is -1.06. The molecule has 74 valence electrons. The van der Waals surface area contributed by atoms with Crippen LogP contribution in [0.25, 0.3) is 0 Å². The number of hydrogen-bond donors (Lipinski definition) is 1. The summed E-state index contributed by atoms with van der Waals surface area (Å²) in [5.74, 6) is -0.137. The second-order valence-corrected chi connectivity index (χ2v) is 3.81. The van der Waals surface area contributed by atoms with Crippen molar-refractivity contribution in [3.05, 3.63) is 35.4 Å². The van der Waals surface area contributed by atoms with E-state index in [9.17, 15) is 4.79 Å². The quantitative estimate of drug-likeness (QED) is 0.547. The van der Waals surface area contributed by atoms with E-state index in [0.717, 1.165) is 12.0 Å². The summed E-state index contributed by atoms with van der Waals surface area (Å²) >= 11 is 0. The Morgan fingerprint density at radius 1 is 1.43 bits per heavy atom. The second-order valence-electron chi connectivity index (χ2n) is 3.81. The lowest BCUT2D eigenvalue weighted by atomic mass is 9.80. The van der Waals surface area contributed by atoms with Gasteiger partial charge in [-0.1, -0.05) is 24.3 Å². The van der Waals surface area contributed by atoms with Gasteiger partial charge in [-0.15, -0.1) is 0 Å². The molecule has 3 heteroatoms. The molecule has 0 heterocycles. The van der Waals surface area contributed by atoms with Crippen LogP contribution < -0.4 is 0 Å². The van der Waals surface area contributed by atoms with E-state index in [1.807, 2.05) is 18.2 Å². The molecule has 0 fully saturated rings. The fourth-order valence-electron chi connectivity index (χ4n) is 1.82. The predicted molar refractivity (Wildman–Crippen MR) is 51.2 cm³/mol. The Hall–Kier alpha value is -1.19. The van der Waals surface area contributed by atoms with Crippen LogP contribution in [0.2, 0.25) is 0 Å². The number of aryl methyl sites for hydroxylation is 1. The summed E-state index contributed by atoms with van der Waals surface area (Å²) in [7, 11) is 0. The summed E-state index contributed by atoms with van der Waals surface area (Å²) < 4.78 is 0. The summed E-state index contributed by atoms with van der Waals surface area (Å²) in [6, 6.07) is 7.44. The lowest BCUT2D eigenvalue weighted by Gasteiger charge is -2.29. The number of Topliss-reactive ketones (excluding diaryl/α,β-unsaturated/α-hetero) is 1. The van der Waals surface area contributed by atoms with Crippen molar-refractivity contribution in [2.24, 2.45) is 0 Å². The number of hydrogen-bond acceptors (Lipinski definition) is 3. The van der Waals surface area contributed by atoms with Gasteiger partial charge < -0.3 is 0 Å². The van der Waals surface area contributed by atoms with Gasteiger partial charge >= 0.3 is 0 Å². The van der Waals surface area contributed by atoms with E-state index >= 15 is 0 Å². The van der Waals surface area contributed by atoms with Crippen molar-refractivity contribution < 1.29 is 14.9 Å². The molecular formula is C11H12O3. The molecule has 1 aliphatic rings. The zero-order chi connectivity index (χ0) is 10.2. The summed E-state index contributed by atoms with van der Waals surface area (Å²) in [5, 5.41) is 8.73. The molecule has 0 saturated carbocycles. The van der Waals surface area contributed by atoms with Crippen molar-refractivity contribution >= 4 is 5.78 Å². The molecule has 1 N–H and O–H groups in total. The third-order valence-electron chi connectivity index (χ3n) is 2.82. The highest BCUT2D eigenvalue weighted by Crippen LogP contribution is 2.30. The van der Waals surface area contributed by atoms with E-state index in [0.29, 0.717) is 12.0 Å². The van der Waals surface area contributed by atoms with E-state index in [1.54, 1.807) is 13.0 Å². The molecule has 0 aliphatic heterocycles. The Balaban J connectivity index is 2.46. The fraction of sp³-hybridized carbons (Fsp3) is 0.364. The number of ketones is 1. The molecule has 0 amide bonds. The van der Waals surface area contributed by atoms with E-state index < -0.39 is 5.60 Å². The first kappa shape index (κ1) is 9.37. The first-order valence-corrected chi connectivity index (χ1v) is 4.63. The van der Waals surface area contributed by atoms with Crippen molar-refractivity contribution in [1.29, 1.82) is 0 Å². The van der Waals surface area contributed by atoms with E-state index in [-0.39, 0.29) is 5.78 Å². The monoisotopic (exact) mass is 192 g/mol. The van der Waals surface area contributed by atoms with E-state index in [2.05, 4.69) is 4.89 Å². The van der Waals surface area contributed by atoms with Crippen LogP contribution in [0.4, 0.5) is 0 Å². The van der Waals surface area contributed by atoms with Crippen LogP contribution in [0.15, 0.2) is 24.3 Å². The third-order valence-corrected chi connectivity index (χ3v) is 2.82. The minimum Gasteiger partial charge on any atom is -0.291 e. The zero-order valence-corrected chi connectivity index (χ0v) is 7.99. The van der Waals surface area contributed by atoms with Gasteiger partial charge in [0.2, 0.25) is 0 Å². The largest absolute Gasteiger partial charge is 0.291 e. The number of carbonyl (C=O) groups is 1. The van der Waals surface area contributed by atoms with Gasteiger partial charge in [0, 0.05) is 5.56 Å². The van der Waals surface area contributed by atoms with Crippen LogP contribution in [0.1, 0.15) is 29.3 Å². The van der Waals surface area contributed by atoms with Gasteiger partial charge in [0.1, 0.15) is 0 Å². The van der Waals surface area contributed by atoms with Crippen molar-refractivity contribution in [3.8, 4) is 0 Å². The Morgan fingerprint density at radius 3 is 2.86 bits per heavy atom. The van der Waals surface area contributed by atoms with Crippen LogP contribution in [0, 0.1) is 0 Å². The maximum absolute atomic E-state index is 11.9. The van der Waals surface area contributed by atoms with Gasteiger partial charge in [-0.25, -0.2) is 4.89 Å². The van der Waals surface area contributed by atoms with Gasteiger partial charge in [0.25, 0.3) is 0 Å². The third kappa shape index (κ3) is 1.25. The highest BCUT2D eigenvalue weighted by atomic mass is 17.1. The summed E-state index contributed by atoms with van der Waals surface area (Å²) in [5.41, 5.74) is 0.635. The van der Waals surface area contributed by atoms with Crippen molar-refractivity contribution in [2.45, 2.75) is 25.4 Å². The topological polar surface area (TPSA) is 46.5 Å². The molecule has 1 aliphatic carbocycles. The molecule has 1 aromatic rings. The van der Waals surface area contributed by atoms with Gasteiger partial charge in [-0.05, 0) is 25.3 Å². The molecule has 0 bridgehead atoms. The molecule has 1 unspecified atom stereocenters. The molecule has 1 atom stereocenters. The highest BCUT2D eigenvalue weighted by Gasteiger charge is 2.39. The Bertz CT molecular complexity index is 373. The van der Waals surface area contributed by atoms with Gasteiger partial charge in [-0.2, -0.15) is 0 Å². The Morgan fingerprint density at radius 2 is 2.14 bits per heavy atom. The average Bonchev–Trinajstić information content (AvgIpc) is 2.24. The molecule has 0 spiro atoms. The van der Waals surface area contributed by atoms with Crippen LogP contribution in [-0.4, -0.2) is 16.6 Å². The summed E-state index contributed by atoms with van der Waals surface area (Å²) in [4.78, 5) is 16.2. The number of rotatable bonds is 1. The Labute approximate surface area is 82.2 Å². The maximum Gasteiger partial charge on any atom is 0.197 e. The molecule has 3 nitrogen and oxygen atoms in total. The summed E-state index contributed by atoms with van der Waals surface area (Å²) in [6.45, 7) is 1.62. The minimum absolute atomic E-state index is 0.137. The van der Waals surface area contributed by atoms with Crippen LogP contribution in [0.3, 0.4) is 0 Å². The highest BCUT2D eigenvalue weighted by molar-refractivity contribution is 6.04. The molecule has 0 saturated heterocycles. The number of carbonyl (C=O) groups excluding carboxylic acids is 1. The summed E-state index contributed by atoms with van der Waals surface area (Å²) in [6.07, 6.45) is 1.29. The number of benzene rings is 1. The lowest BCUT2D eigenvalue weighted by molar-refractivity contribution is -0.301. The number of fused-ring (bicyclic) bond motifs is 1. The van der Waals surface area contributed by atoms with Crippen LogP contribution >= 0.6 is 0 Å². The molecular weight excluding hydrogens is 180 g/mol. The molecule has 14 heavy (non-hydrogen) atoms. The Kier molecular flexibility index (Phi) is 2.13. The van der Waals surface area contributed by atoms with Crippen LogP contribution in [0.5, 0.6) is 0 Å². The zero-order valence-electron chi connectivity index (χ0n) is 7.99. The van der Waals surface area contributed by atoms with Crippen LogP contribution in [-0.2, 0) is 11.3 Å². The molecule has 0 radical (unpaired) electrons. The van der Waals surface area contributed by atoms with Gasteiger partial charge in [0.15, 0.2) is 11.4 Å². The van der Waals surface area contributed by atoms with Gasteiger partial charge in [-0.3, -0.25) is 10.1 Å². The molecule has 1 aromatic carbocycles. The normalized spacial score (nSPS) is 26.0. The van der Waals surface area contributed by atoms with Crippen molar-refractivity contribution in [1.82, 2.24) is 0 Å².